The first-order chi connectivity index (χ1) is 6.91. The third kappa shape index (κ3) is 1.41. The van der Waals surface area contributed by atoms with Crippen LogP contribution < -0.4 is 5.32 Å². The Morgan fingerprint density at radius 1 is 1.33 bits per heavy atom. The average Bonchev–Trinajstić information content (AvgIpc) is 2.70. The summed E-state index contributed by atoms with van der Waals surface area (Å²) in [6.07, 6.45) is 3.85. The SMILES string of the molecule is CC1(C)[C@@H]2CC[C@@H](C2)[C@@]1(C)NC(=O)CCl. The lowest BCUT2D eigenvalue weighted by Crippen LogP contribution is -2.59. The number of amides is 1. The van der Waals surface area contributed by atoms with Crippen molar-refractivity contribution in [2.45, 2.75) is 45.6 Å². The number of carbonyl (C=O) groups excluding carboxylic acids is 1. The molecular weight excluding hydrogens is 210 g/mol. The maximum Gasteiger partial charge on any atom is 0.235 e. The lowest BCUT2D eigenvalue weighted by Gasteiger charge is -2.48. The molecule has 0 aromatic rings. The van der Waals surface area contributed by atoms with Crippen LogP contribution in [0.2, 0.25) is 0 Å². The molecule has 3 atom stereocenters. The van der Waals surface area contributed by atoms with Crippen LogP contribution >= 0.6 is 11.6 Å². The number of rotatable bonds is 2. The van der Waals surface area contributed by atoms with Crippen molar-refractivity contribution in [1.82, 2.24) is 5.32 Å². The van der Waals surface area contributed by atoms with E-state index >= 15 is 0 Å². The molecule has 1 amide bonds. The zero-order valence-electron chi connectivity index (χ0n) is 9.77. The van der Waals surface area contributed by atoms with E-state index in [1.54, 1.807) is 0 Å². The molecule has 2 saturated carbocycles. The van der Waals surface area contributed by atoms with Crippen LogP contribution in [0.1, 0.15) is 40.0 Å². The van der Waals surface area contributed by atoms with E-state index in [1.165, 1.54) is 19.3 Å². The summed E-state index contributed by atoms with van der Waals surface area (Å²) in [6.45, 7) is 6.76. The molecule has 2 aliphatic rings. The first-order valence-corrected chi connectivity index (χ1v) is 6.32. The molecule has 2 fully saturated rings. The molecule has 2 bridgehead atoms. The topological polar surface area (TPSA) is 29.1 Å². The van der Waals surface area contributed by atoms with Gasteiger partial charge in [-0.05, 0) is 43.4 Å². The summed E-state index contributed by atoms with van der Waals surface area (Å²) >= 11 is 5.58. The predicted molar refractivity (Wildman–Crippen MR) is 61.9 cm³/mol. The number of hydrogen-bond acceptors (Lipinski definition) is 1. The van der Waals surface area contributed by atoms with Gasteiger partial charge >= 0.3 is 0 Å². The van der Waals surface area contributed by atoms with E-state index in [1.807, 2.05) is 0 Å². The second-order valence-corrected chi connectivity index (χ2v) is 6.08. The molecule has 0 aliphatic heterocycles. The maximum atomic E-state index is 11.5. The Bertz CT molecular complexity index is 289. The fourth-order valence-electron chi connectivity index (χ4n) is 3.70. The molecule has 0 aromatic heterocycles. The normalized spacial score (nSPS) is 41.9. The zero-order chi connectivity index (χ0) is 11.3. The van der Waals surface area contributed by atoms with Gasteiger partial charge in [0.15, 0.2) is 0 Å². The minimum absolute atomic E-state index is 0.0280. The summed E-state index contributed by atoms with van der Waals surface area (Å²) in [4.78, 5) is 11.5. The molecule has 2 rings (SSSR count). The molecule has 2 aliphatic carbocycles. The molecule has 0 spiro atoms. The number of nitrogens with one attached hydrogen (secondary N) is 1. The Balaban J connectivity index is 2.23. The monoisotopic (exact) mass is 229 g/mol. The Morgan fingerprint density at radius 3 is 2.40 bits per heavy atom. The Labute approximate surface area is 96.8 Å². The summed E-state index contributed by atoms with van der Waals surface area (Å²) < 4.78 is 0. The van der Waals surface area contributed by atoms with Crippen molar-refractivity contribution in [2.24, 2.45) is 17.3 Å². The highest BCUT2D eigenvalue weighted by Crippen LogP contribution is 2.61. The van der Waals surface area contributed by atoms with Gasteiger partial charge in [0.2, 0.25) is 5.91 Å². The van der Waals surface area contributed by atoms with Crippen LogP contribution in [0.15, 0.2) is 0 Å². The summed E-state index contributed by atoms with van der Waals surface area (Å²) in [7, 11) is 0. The van der Waals surface area contributed by atoms with Crippen molar-refractivity contribution >= 4 is 17.5 Å². The van der Waals surface area contributed by atoms with E-state index in [-0.39, 0.29) is 22.7 Å². The highest BCUT2D eigenvalue weighted by Gasteiger charge is 2.60. The number of halogens is 1. The second-order valence-electron chi connectivity index (χ2n) is 5.81. The van der Waals surface area contributed by atoms with Gasteiger partial charge in [0.25, 0.3) is 0 Å². The van der Waals surface area contributed by atoms with Crippen LogP contribution in [0.3, 0.4) is 0 Å². The Morgan fingerprint density at radius 2 is 1.93 bits per heavy atom. The number of hydrogen-bond donors (Lipinski definition) is 1. The molecule has 1 N–H and O–H groups in total. The average molecular weight is 230 g/mol. The summed E-state index contributed by atoms with van der Waals surface area (Å²) in [6, 6.07) is 0. The molecule has 86 valence electrons. The van der Waals surface area contributed by atoms with Crippen molar-refractivity contribution in [3.05, 3.63) is 0 Å². The highest BCUT2D eigenvalue weighted by atomic mass is 35.5. The van der Waals surface area contributed by atoms with Gasteiger partial charge in [-0.1, -0.05) is 13.8 Å². The summed E-state index contributed by atoms with van der Waals surface area (Å²) in [5, 5.41) is 3.16. The Kier molecular flexibility index (Phi) is 2.53. The van der Waals surface area contributed by atoms with Crippen molar-refractivity contribution < 1.29 is 4.79 Å². The summed E-state index contributed by atoms with van der Waals surface area (Å²) in [5.41, 5.74) is 0.152. The molecule has 15 heavy (non-hydrogen) atoms. The first kappa shape index (κ1) is 11.3. The maximum absolute atomic E-state index is 11.5. The van der Waals surface area contributed by atoms with E-state index in [9.17, 15) is 4.79 Å². The third-order valence-corrected chi connectivity index (χ3v) is 5.37. The second kappa shape index (κ2) is 3.38. The number of carbonyl (C=O) groups is 1. The molecule has 3 heteroatoms. The van der Waals surface area contributed by atoms with Gasteiger partial charge in [0.05, 0.1) is 0 Å². The molecule has 0 aromatic carbocycles. The highest BCUT2D eigenvalue weighted by molar-refractivity contribution is 6.27. The predicted octanol–water partition coefficient (Wildman–Crippen LogP) is 2.56. The standard InChI is InChI=1S/C12H20ClNO/c1-11(2)8-4-5-9(6-8)12(11,3)14-10(15)7-13/h8-9H,4-7H2,1-3H3,(H,14,15)/t8-,9+,12-/m1/s1. The molecule has 0 unspecified atom stereocenters. The minimum Gasteiger partial charge on any atom is -0.349 e. The largest absolute Gasteiger partial charge is 0.349 e. The van der Waals surface area contributed by atoms with Gasteiger partial charge < -0.3 is 5.32 Å². The van der Waals surface area contributed by atoms with Crippen molar-refractivity contribution in [1.29, 1.82) is 0 Å². The lowest BCUT2D eigenvalue weighted by molar-refractivity contribution is -0.123. The lowest BCUT2D eigenvalue weighted by atomic mass is 9.64. The van der Waals surface area contributed by atoms with Gasteiger partial charge in [0.1, 0.15) is 5.88 Å². The van der Waals surface area contributed by atoms with Crippen LogP contribution in [0.5, 0.6) is 0 Å². The first-order valence-electron chi connectivity index (χ1n) is 5.79. The van der Waals surface area contributed by atoms with Crippen molar-refractivity contribution in [2.75, 3.05) is 5.88 Å². The molecule has 0 radical (unpaired) electrons. The van der Waals surface area contributed by atoms with Gasteiger partial charge in [-0.3, -0.25) is 4.79 Å². The van der Waals surface area contributed by atoms with Gasteiger partial charge in [0, 0.05) is 5.54 Å². The van der Waals surface area contributed by atoms with Crippen molar-refractivity contribution in [3.8, 4) is 0 Å². The third-order valence-electron chi connectivity index (χ3n) is 5.13. The molecular formula is C12H20ClNO. The fraction of sp³-hybridized carbons (Fsp3) is 0.917. The van der Waals surface area contributed by atoms with E-state index in [2.05, 4.69) is 26.1 Å². The minimum atomic E-state index is -0.0537. The smallest absolute Gasteiger partial charge is 0.235 e. The van der Waals surface area contributed by atoms with Crippen LogP contribution in [0.25, 0.3) is 0 Å². The van der Waals surface area contributed by atoms with Gasteiger partial charge in [-0.25, -0.2) is 0 Å². The summed E-state index contributed by atoms with van der Waals surface area (Å²) in [5.74, 6) is 1.45. The van der Waals surface area contributed by atoms with Gasteiger partial charge in [-0.15, -0.1) is 11.6 Å². The number of alkyl halides is 1. The van der Waals surface area contributed by atoms with E-state index in [0.717, 1.165) is 5.92 Å². The van der Waals surface area contributed by atoms with Crippen LogP contribution in [0.4, 0.5) is 0 Å². The van der Waals surface area contributed by atoms with Crippen LogP contribution in [0, 0.1) is 17.3 Å². The van der Waals surface area contributed by atoms with E-state index in [4.69, 9.17) is 11.6 Å². The van der Waals surface area contributed by atoms with E-state index < -0.39 is 0 Å². The molecule has 0 heterocycles. The van der Waals surface area contributed by atoms with E-state index in [0.29, 0.717) is 5.92 Å². The Hall–Kier alpha value is -0.240. The quantitative estimate of drug-likeness (QED) is 0.725. The molecule has 2 nitrogen and oxygen atoms in total. The van der Waals surface area contributed by atoms with Crippen molar-refractivity contribution in [3.63, 3.8) is 0 Å². The fourth-order valence-corrected chi connectivity index (χ4v) is 3.76. The molecule has 0 saturated heterocycles. The number of fused-ring (bicyclic) bond motifs is 2. The zero-order valence-corrected chi connectivity index (χ0v) is 10.5. The van der Waals surface area contributed by atoms with Gasteiger partial charge in [-0.2, -0.15) is 0 Å². The van der Waals surface area contributed by atoms with Crippen LogP contribution in [-0.4, -0.2) is 17.3 Å². The van der Waals surface area contributed by atoms with Crippen LogP contribution in [-0.2, 0) is 4.79 Å².